The number of hydrogen-bond acceptors (Lipinski definition) is 3. The van der Waals surface area contributed by atoms with Crippen LogP contribution in [0.1, 0.15) is 24.3 Å². The zero-order chi connectivity index (χ0) is 13.0. The summed E-state index contributed by atoms with van der Waals surface area (Å²) >= 11 is 0. The van der Waals surface area contributed by atoms with Gasteiger partial charge in [-0.15, -0.1) is 0 Å². The number of benzene rings is 1. The van der Waals surface area contributed by atoms with Crippen LogP contribution in [0.15, 0.2) is 30.3 Å². The lowest BCUT2D eigenvalue weighted by atomic mass is 9.97. The largest absolute Gasteiger partial charge is 0.481 e. The second kappa shape index (κ2) is 5.98. The standard InChI is InChI=1S/C14H20N2O2/c15-12-7-4-8-16(9-12)10-13(14(17)18)11-5-2-1-3-6-11/h1-3,5-6,12-13H,4,7-10,15H2,(H,17,18). The topological polar surface area (TPSA) is 66.6 Å². The Morgan fingerprint density at radius 3 is 2.78 bits per heavy atom. The summed E-state index contributed by atoms with van der Waals surface area (Å²) in [6, 6.07) is 9.61. The lowest BCUT2D eigenvalue weighted by Gasteiger charge is -2.32. The predicted octanol–water partition coefficient (Wildman–Crippen LogP) is 1.28. The molecule has 2 atom stereocenters. The first-order valence-electron chi connectivity index (χ1n) is 6.42. The van der Waals surface area contributed by atoms with E-state index < -0.39 is 11.9 Å². The summed E-state index contributed by atoms with van der Waals surface area (Å²) in [4.78, 5) is 13.6. The van der Waals surface area contributed by atoms with Crippen molar-refractivity contribution in [2.45, 2.75) is 24.8 Å². The molecule has 4 nitrogen and oxygen atoms in total. The maximum atomic E-state index is 11.4. The Labute approximate surface area is 107 Å². The summed E-state index contributed by atoms with van der Waals surface area (Å²) in [5.74, 6) is -1.23. The monoisotopic (exact) mass is 248 g/mol. The number of rotatable bonds is 4. The van der Waals surface area contributed by atoms with Crippen molar-refractivity contribution in [2.24, 2.45) is 5.73 Å². The van der Waals surface area contributed by atoms with Crippen LogP contribution in [0.25, 0.3) is 0 Å². The van der Waals surface area contributed by atoms with Gasteiger partial charge in [0.2, 0.25) is 0 Å². The maximum Gasteiger partial charge on any atom is 0.312 e. The van der Waals surface area contributed by atoms with Gasteiger partial charge in [0.25, 0.3) is 0 Å². The van der Waals surface area contributed by atoms with E-state index in [1.165, 1.54) is 0 Å². The first-order valence-corrected chi connectivity index (χ1v) is 6.42. The minimum absolute atomic E-state index is 0.184. The number of aliphatic carboxylic acids is 1. The molecule has 0 spiro atoms. The summed E-state index contributed by atoms with van der Waals surface area (Å²) in [5, 5.41) is 9.37. The molecule has 98 valence electrons. The van der Waals surface area contributed by atoms with E-state index in [0.717, 1.165) is 31.5 Å². The Morgan fingerprint density at radius 1 is 1.44 bits per heavy atom. The molecule has 0 aromatic heterocycles. The van der Waals surface area contributed by atoms with E-state index in [4.69, 9.17) is 5.73 Å². The van der Waals surface area contributed by atoms with Crippen LogP contribution in [0.3, 0.4) is 0 Å². The Bertz CT molecular complexity index is 394. The summed E-state index contributed by atoms with van der Waals surface area (Å²) in [5.41, 5.74) is 6.79. The van der Waals surface area contributed by atoms with Gasteiger partial charge in [-0.1, -0.05) is 30.3 Å². The van der Waals surface area contributed by atoms with Crippen LogP contribution < -0.4 is 5.73 Å². The van der Waals surface area contributed by atoms with Crippen molar-refractivity contribution in [3.63, 3.8) is 0 Å². The Morgan fingerprint density at radius 2 is 2.17 bits per heavy atom. The second-order valence-corrected chi connectivity index (χ2v) is 4.96. The van der Waals surface area contributed by atoms with Crippen molar-refractivity contribution in [3.8, 4) is 0 Å². The number of piperidine rings is 1. The van der Waals surface area contributed by atoms with Gasteiger partial charge in [-0.2, -0.15) is 0 Å². The quantitative estimate of drug-likeness (QED) is 0.842. The Balaban J connectivity index is 2.05. The van der Waals surface area contributed by atoms with E-state index in [-0.39, 0.29) is 6.04 Å². The molecule has 1 aromatic carbocycles. The average molecular weight is 248 g/mol. The second-order valence-electron chi connectivity index (χ2n) is 4.96. The average Bonchev–Trinajstić information content (AvgIpc) is 2.37. The van der Waals surface area contributed by atoms with Gasteiger partial charge >= 0.3 is 5.97 Å². The molecule has 18 heavy (non-hydrogen) atoms. The molecule has 1 aliphatic heterocycles. The van der Waals surface area contributed by atoms with Crippen LogP contribution in [0.2, 0.25) is 0 Å². The van der Waals surface area contributed by atoms with E-state index in [1.807, 2.05) is 30.3 Å². The highest BCUT2D eigenvalue weighted by molar-refractivity contribution is 5.76. The first kappa shape index (κ1) is 13.1. The van der Waals surface area contributed by atoms with Crippen LogP contribution in [0, 0.1) is 0 Å². The van der Waals surface area contributed by atoms with Gasteiger partial charge in [0.05, 0.1) is 5.92 Å². The van der Waals surface area contributed by atoms with E-state index in [9.17, 15) is 9.90 Å². The number of nitrogens with zero attached hydrogens (tertiary/aromatic N) is 1. The van der Waals surface area contributed by atoms with Gasteiger partial charge < -0.3 is 15.7 Å². The van der Waals surface area contributed by atoms with Crippen LogP contribution in [0.5, 0.6) is 0 Å². The molecule has 2 rings (SSSR count). The molecule has 1 aromatic rings. The van der Waals surface area contributed by atoms with Crippen molar-refractivity contribution in [3.05, 3.63) is 35.9 Å². The van der Waals surface area contributed by atoms with E-state index in [0.29, 0.717) is 6.54 Å². The molecule has 2 unspecified atom stereocenters. The van der Waals surface area contributed by atoms with Gasteiger partial charge in [0, 0.05) is 19.1 Å². The number of nitrogens with two attached hydrogens (primary N) is 1. The molecule has 0 radical (unpaired) electrons. The molecule has 1 aliphatic rings. The van der Waals surface area contributed by atoms with Crippen LogP contribution in [-0.4, -0.2) is 41.7 Å². The number of carboxylic acids is 1. The lowest BCUT2D eigenvalue weighted by molar-refractivity contribution is -0.139. The smallest absolute Gasteiger partial charge is 0.312 e. The number of carboxylic acid groups (broad SMARTS) is 1. The zero-order valence-electron chi connectivity index (χ0n) is 10.5. The summed E-state index contributed by atoms with van der Waals surface area (Å²) in [6.45, 7) is 2.30. The third kappa shape index (κ3) is 3.31. The molecular weight excluding hydrogens is 228 g/mol. The van der Waals surface area contributed by atoms with E-state index in [1.54, 1.807) is 0 Å². The minimum atomic E-state index is -0.764. The number of likely N-dealkylation sites (tertiary alicyclic amines) is 1. The highest BCUT2D eigenvalue weighted by atomic mass is 16.4. The molecule has 4 heteroatoms. The SMILES string of the molecule is NC1CCCN(CC(C(=O)O)c2ccccc2)C1. The third-order valence-corrected chi connectivity index (χ3v) is 3.48. The zero-order valence-corrected chi connectivity index (χ0v) is 10.5. The molecule has 0 bridgehead atoms. The molecule has 1 fully saturated rings. The highest BCUT2D eigenvalue weighted by Gasteiger charge is 2.25. The van der Waals surface area contributed by atoms with Crippen LogP contribution in [-0.2, 0) is 4.79 Å². The van der Waals surface area contributed by atoms with Crippen molar-refractivity contribution in [1.29, 1.82) is 0 Å². The van der Waals surface area contributed by atoms with Crippen LogP contribution in [0.4, 0.5) is 0 Å². The van der Waals surface area contributed by atoms with Crippen molar-refractivity contribution in [2.75, 3.05) is 19.6 Å². The third-order valence-electron chi connectivity index (χ3n) is 3.48. The summed E-state index contributed by atoms with van der Waals surface area (Å²) in [7, 11) is 0. The van der Waals surface area contributed by atoms with E-state index >= 15 is 0 Å². The Hall–Kier alpha value is -1.39. The van der Waals surface area contributed by atoms with Gasteiger partial charge in [0.15, 0.2) is 0 Å². The van der Waals surface area contributed by atoms with Crippen LogP contribution >= 0.6 is 0 Å². The summed E-state index contributed by atoms with van der Waals surface area (Å²) < 4.78 is 0. The van der Waals surface area contributed by atoms with Crippen molar-refractivity contribution < 1.29 is 9.90 Å². The lowest BCUT2D eigenvalue weighted by Crippen LogP contribution is -2.45. The van der Waals surface area contributed by atoms with Gasteiger partial charge in [-0.05, 0) is 24.9 Å². The fourth-order valence-electron chi connectivity index (χ4n) is 2.53. The van der Waals surface area contributed by atoms with Gasteiger partial charge in [-0.25, -0.2) is 0 Å². The molecule has 1 saturated heterocycles. The number of hydrogen-bond donors (Lipinski definition) is 2. The summed E-state index contributed by atoms with van der Waals surface area (Å²) in [6.07, 6.45) is 2.10. The molecule has 0 saturated carbocycles. The highest BCUT2D eigenvalue weighted by Crippen LogP contribution is 2.19. The minimum Gasteiger partial charge on any atom is -0.481 e. The maximum absolute atomic E-state index is 11.4. The fourth-order valence-corrected chi connectivity index (χ4v) is 2.53. The Kier molecular flexibility index (Phi) is 4.33. The van der Waals surface area contributed by atoms with Gasteiger partial charge in [0.1, 0.15) is 0 Å². The normalized spacial score (nSPS) is 22.6. The van der Waals surface area contributed by atoms with Crippen molar-refractivity contribution in [1.82, 2.24) is 4.90 Å². The molecular formula is C14H20N2O2. The van der Waals surface area contributed by atoms with Gasteiger partial charge in [-0.3, -0.25) is 4.79 Å². The first-order chi connectivity index (χ1) is 8.66. The molecule has 0 aliphatic carbocycles. The van der Waals surface area contributed by atoms with Crippen molar-refractivity contribution >= 4 is 5.97 Å². The molecule has 1 heterocycles. The fraction of sp³-hybridized carbons (Fsp3) is 0.500. The number of carbonyl (C=O) groups is 1. The van der Waals surface area contributed by atoms with E-state index in [2.05, 4.69) is 4.90 Å². The molecule has 3 N–H and O–H groups in total. The predicted molar refractivity (Wildman–Crippen MR) is 70.5 cm³/mol. The molecule has 0 amide bonds.